The molecule has 1 atom stereocenters. The van der Waals surface area contributed by atoms with Gasteiger partial charge in [0.05, 0.1) is 6.10 Å². The van der Waals surface area contributed by atoms with Gasteiger partial charge in [-0.2, -0.15) is 26.3 Å². The summed E-state index contributed by atoms with van der Waals surface area (Å²) in [5.74, 6) is -3.70. The van der Waals surface area contributed by atoms with E-state index < -0.39 is 30.8 Å². The summed E-state index contributed by atoms with van der Waals surface area (Å²) in [6.45, 7) is -0.000502. The molecule has 1 N–H and O–H groups in total. The van der Waals surface area contributed by atoms with Crippen molar-refractivity contribution in [2.45, 2.75) is 31.3 Å². The zero-order chi connectivity index (χ0) is 13.0. The van der Waals surface area contributed by atoms with Gasteiger partial charge in [-0.05, 0) is 12.8 Å². The number of methoxy groups -OCH3 is 1. The molecule has 0 aromatic rings. The molecule has 0 fully saturated rings. The van der Waals surface area contributed by atoms with Crippen molar-refractivity contribution in [3.05, 3.63) is 0 Å². The Labute approximate surface area is 88.2 Å². The van der Waals surface area contributed by atoms with E-state index in [-0.39, 0.29) is 13.0 Å². The minimum absolute atomic E-state index is 0.000502. The normalized spacial score (nSPS) is 15.6. The highest BCUT2D eigenvalue weighted by atomic mass is 19.4. The minimum Gasteiger partial charge on any atom is -0.392 e. The molecule has 0 amide bonds. The smallest absolute Gasteiger partial charge is 0.392 e. The highest BCUT2D eigenvalue weighted by Gasteiger charge is 2.59. The second-order valence-corrected chi connectivity index (χ2v) is 3.26. The second kappa shape index (κ2) is 5.72. The zero-order valence-electron chi connectivity index (χ0n) is 8.40. The van der Waals surface area contributed by atoms with Crippen molar-refractivity contribution < 1.29 is 36.2 Å². The van der Waals surface area contributed by atoms with Gasteiger partial charge in [0.15, 0.2) is 5.92 Å². The van der Waals surface area contributed by atoms with Gasteiger partial charge >= 0.3 is 12.4 Å². The third kappa shape index (κ3) is 5.02. The van der Waals surface area contributed by atoms with Crippen LogP contribution in [-0.2, 0) is 4.74 Å². The fourth-order valence-corrected chi connectivity index (χ4v) is 1.23. The van der Waals surface area contributed by atoms with Gasteiger partial charge < -0.3 is 9.84 Å². The van der Waals surface area contributed by atoms with Crippen LogP contribution in [0.25, 0.3) is 0 Å². The summed E-state index contributed by atoms with van der Waals surface area (Å²) in [6, 6.07) is 0. The lowest BCUT2D eigenvalue weighted by Gasteiger charge is -2.27. The Kier molecular flexibility index (Phi) is 5.54. The largest absolute Gasteiger partial charge is 0.403 e. The number of halogens is 6. The predicted molar refractivity (Wildman–Crippen MR) is 42.7 cm³/mol. The van der Waals surface area contributed by atoms with Crippen LogP contribution < -0.4 is 0 Å². The Morgan fingerprint density at radius 1 is 1.06 bits per heavy atom. The molecule has 2 nitrogen and oxygen atoms in total. The van der Waals surface area contributed by atoms with Crippen molar-refractivity contribution in [3.63, 3.8) is 0 Å². The number of aliphatic hydroxyl groups excluding tert-OH is 1. The van der Waals surface area contributed by atoms with E-state index in [9.17, 15) is 26.3 Å². The fraction of sp³-hybridized carbons (Fsp3) is 1.00. The van der Waals surface area contributed by atoms with Crippen molar-refractivity contribution >= 4 is 0 Å². The molecule has 0 radical (unpaired) electrons. The molecule has 0 heterocycles. The Morgan fingerprint density at radius 2 is 1.50 bits per heavy atom. The van der Waals surface area contributed by atoms with E-state index in [0.717, 1.165) is 0 Å². The number of rotatable bonds is 5. The topological polar surface area (TPSA) is 29.5 Å². The molecule has 0 spiro atoms. The molecular weight excluding hydrogens is 242 g/mol. The average Bonchev–Trinajstić information content (AvgIpc) is 1.98. The number of hydrogen-bond donors (Lipinski definition) is 1. The molecule has 1 unspecified atom stereocenters. The van der Waals surface area contributed by atoms with E-state index in [1.54, 1.807) is 0 Å². The minimum atomic E-state index is -5.50. The Hall–Kier alpha value is -0.500. The van der Waals surface area contributed by atoms with Gasteiger partial charge in [0.25, 0.3) is 0 Å². The van der Waals surface area contributed by atoms with Crippen molar-refractivity contribution in [3.8, 4) is 0 Å². The van der Waals surface area contributed by atoms with Crippen LogP contribution in [0.1, 0.15) is 12.8 Å². The van der Waals surface area contributed by atoms with Crippen molar-refractivity contribution in [1.29, 1.82) is 0 Å². The molecule has 98 valence electrons. The number of ether oxygens (including phenoxy) is 1. The lowest BCUT2D eigenvalue weighted by molar-refractivity contribution is -0.306. The standard InChI is InChI=1S/C8H12F6O2/c1-16-4-2-3-5(15)6(7(9,10)11)8(12,13)14/h5-6,15H,2-4H2,1H3. The van der Waals surface area contributed by atoms with Crippen molar-refractivity contribution in [1.82, 2.24) is 0 Å². The summed E-state index contributed by atoms with van der Waals surface area (Å²) >= 11 is 0. The average molecular weight is 254 g/mol. The summed E-state index contributed by atoms with van der Waals surface area (Å²) in [7, 11) is 1.26. The van der Waals surface area contributed by atoms with Gasteiger partial charge in [-0.3, -0.25) is 0 Å². The summed E-state index contributed by atoms with van der Waals surface area (Å²) in [4.78, 5) is 0. The van der Waals surface area contributed by atoms with Gasteiger partial charge in [-0.1, -0.05) is 0 Å². The van der Waals surface area contributed by atoms with E-state index in [1.165, 1.54) is 7.11 Å². The fourth-order valence-electron chi connectivity index (χ4n) is 1.23. The Bertz CT molecular complexity index is 186. The molecule has 0 aromatic heterocycles. The van der Waals surface area contributed by atoms with Crippen LogP contribution in [0.5, 0.6) is 0 Å². The van der Waals surface area contributed by atoms with Gasteiger partial charge in [0.1, 0.15) is 0 Å². The molecule has 0 aromatic carbocycles. The van der Waals surface area contributed by atoms with E-state index >= 15 is 0 Å². The first-order chi connectivity index (χ1) is 7.10. The molecule has 0 aliphatic carbocycles. The lowest BCUT2D eigenvalue weighted by atomic mass is 9.97. The highest BCUT2D eigenvalue weighted by molar-refractivity contribution is 4.82. The summed E-state index contributed by atoms with van der Waals surface area (Å²) in [5, 5.41) is 8.91. The highest BCUT2D eigenvalue weighted by Crippen LogP contribution is 2.42. The first kappa shape index (κ1) is 15.5. The molecule has 0 saturated carbocycles. The SMILES string of the molecule is COCCCC(O)C(C(F)(F)F)C(F)(F)F. The van der Waals surface area contributed by atoms with E-state index in [1.807, 2.05) is 0 Å². The molecule has 0 aliphatic rings. The molecule has 16 heavy (non-hydrogen) atoms. The maximum atomic E-state index is 12.1. The van der Waals surface area contributed by atoms with E-state index in [2.05, 4.69) is 4.74 Å². The van der Waals surface area contributed by atoms with Crippen LogP contribution in [0, 0.1) is 5.92 Å². The summed E-state index contributed by atoms with van der Waals surface area (Å²) in [5.41, 5.74) is 0. The van der Waals surface area contributed by atoms with Crippen LogP contribution in [0.4, 0.5) is 26.3 Å². The molecule has 8 heteroatoms. The van der Waals surface area contributed by atoms with Crippen LogP contribution in [0.3, 0.4) is 0 Å². The summed E-state index contributed by atoms with van der Waals surface area (Å²) < 4.78 is 76.9. The first-order valence-corrected chi connectivity index (χ1v) is 4.41. The Balaban J connectivity index is 4.53. The van der Waals surface area contributed by atoms with Gasteiger partial charge in [0, 0.05) is 13.7 Å². The predicted octanol–water partition coefficient (Wildman–Crippen LogP) is 2.51. The molecule has 0 saturated heterocycles. The van der Waals surface area contributed by atoms with Gasteiger partial charge in [-0.15, -0.1) is 0 Å². The van der Waals surface area contributed by atoms with Crippen LogP contribution >= 0.6 is 0 Å². The maximum Gasteiger partial charge on any atom is 0.403 e. The number of hydrogen-bond acceptors (Lipinski definition) is 2. The van der Waals surface area contributed by atoms with Gasteiger partial charge in [0.2, 0.25) is 0 Å². The van der Waals surface area contributed by atoms with Crippen LogP contribution in [-0.4, -0.2) is 37.3 Å². The van der Waals surface area contributed by atoms with Gasteiger partial charge in [-0.25, -0.2) is 0 Å². The van der Waals surface area contributed by atoms with Crippen LogP contribution in [0.2, 0.25) is 0 Å². The Morgan fingerprint density at radius 3 is 1.81 bits per heavy atom. The van der Waals surface area contributed by atoms with Crippen molar-refractivity contribution in [2.24, 2.45) is 5.92 Å². The third-order valence-electron chi connectivity index (χ3n) is 1.94. The zero-order valence-corrected chi connectivity index (χ0v) is 8.40. The third-order valence-corrected chi connectivity index (χ3v) is 1.94. The maximum absolute atomic E-state index is 12.1. The lowest BCUT2D eigenvalue weighted by Crippen LogP contribution is -2.44. The van der Waals surface area contributed by atoms with Crippen molar-refractivity contribution in [2.75, 3.05) is 13.7 Å². The number of alkyl halides is 6. The van der Waals surface area contributed by atoms with E-state index in [4.69, 9.17) is 5.11 Å². The van der Waals surface area contributed by atoms with E-state index in [0.29, 0.717) is 0 Å². The second-order valence-electron chi connectivity index (χ2n) is 3.26. The monoisotopic (exact) mass is 254 g/mol. The molecule has 0 aliphatic heterocycles. The van der Waals surface area contributed by atoms with Crippen LogP contribution in [0.15, 0.2) is 0 Å². The molecule has 0 rings (SSSR count). The number of aliphatic hydroxyl groups is 1. The molecular formula is C8H12F6O2. The first-order valence-electron chi connectivity index (χ1n) is 4.41. The molecule has 0 bridgehead atoms. The quantitative estimate of drug-likeness (QED) is 0.603. The summed E-state index contributed by atoms with van der Waals surface area (Å²) in [6.07, 6.45) is -14.2.